The minimum absolute atomic E-state index is 0. The average molecular weight is 723 g/mol. The van der Waals surface area contributed by atoms with Gasteiger partial charge in [0.15, 0.2) is 0 Å². The van der Waals surface area contributed by atoms with Crippen molar-refractivity contribution in [3.05, 3.63) is 131 Å². The summed E-state index contributed by atoms with van der Waals surface area (Å²) in [5.74, 6) is 2.12. The second-order valence-corrected chi connectivity index (χ2v) is 12.6. The zero-order valence-corrected chi connectivity index (χ0v) is 30.0. The van der Waals surface area contributed by atoms with Gasteiger partial charge < -0.3 is 9.30 Å². The number of fused-ring (bicyclic) bond motifs is 3. The first-order valence-electron chi connectivity index (χ1n) is 16.6. The first-order valence-corrected chi connectivity index (χ1v) is 16.6. The van der Waals surface area contributed by atoms with Gasteiger partial charge in [0, 0.05) is 34.5 Å². The predicted octanol–water partition coefficient (Wildman–Crippen LogP) is 10.6. The van der Waals surface area contributed by atoms with Crippen molar-refractivity contribution < 1.29 is 25.2 Å². The Labute approximate surface area is 297 Å². The molecule has 0 saturated carbocycles. The fraction of sp³-hybridized carbons (Fsp3) is 0.238. The summed E-state index contributed by atoms with van der Waals surface area (Å²) >= 11 is 0. The molecule has 7 rings (SSSR count). The molecule has 0 fully saturated rings. The van der Waals surface area contributed by atoms with Crippen LogP contribution in [-0.2, 0) is 33.3 Å². The molecule has 3 aromatic heterocycles. The first kappa shape index (κ1) is 33.4. The van der Waals surface area contributed by atoms with Crippen LogP contribution in [-0.4, -0.2) is 19.3 Å². The predicted molar refractivity (Wildman–Crippen MR) is 192 cm³/mol. The Hall–Kier alpha value is -4.50. The largest absolute Gasteiger partial charge is 2.00 e. The molecule has 5 nitrogen and oxygen atoms in total. The normalized spacial score (nSPS) is 11.3. The molecule has 244 valence electrons. The summed E-state index contributed by atoms with van der Waals surface area (Å²) in [5, 5.41) is 7.53. The topological polar surface area (TPSA) is 44.9 Å². The number of ether oxygens (including phenoxy) is 1. The van der Waals surface area contributed by atoms with Crippen molar-refractivity contribution in [3.63, 3.8) is 0 Å². The van der Waals surface area contributed by atoms with E-state index in [-0.39, 0.29) is 20.4 Å². The van der Waals surface area contributed by atoms with Gasteiger partial charge >= 0.3 is 20.4 Å². The first-order chi connectivity index (χ1) is 22.9. The number of pyridine rings is 1. The van der Waals surface area contributed by atoms with Gasteiger partial charge in [0.25, 0.3) is 0 Å². The molecule has 4 aromatic carbocycles. The summed E-state index contributed by atoms with van der Waals surface area (Å²) in [7, 11) is 0. The Balaban J connectivity index is 0.00000401. The number of aromatic nitrogens is 4. The molecule has 3 heterocycles. The fourth-order valence-corrected chi connectivity index (χ4v) is 6.84. The van der Waals surface area contributed by atoms with Gasteiger partial charge in [-0.25, -0.2) is 4.98 Å². The van der Waals surface area contributed by atoms with Gasteiger partial charge in [-0.3, -0.25) is 4.68 Å². The van der Waals surface area contributed by atoms with Crippen LogP contribution in [0.3, 0.4) is 0 Å². The summed E-state index contributed by atoms with van der Waals surface area (Å²) in [6.45, 7) is 13.1. The van der Waals surface area contributed by atoms with Gasteiger partial charge in [0.05, 0.1) is 5.69 Å². The Morgan fingerprint density at radius 2 is 1.48 bits per heavy atom. The quantitative estimate of drug-likeness (QED) is 0.110. The van der Waals surface area contributed by atoms with E-state index in [2.05, 4.69) is 124 Å². The van der Waals surface area contributed by atoms with E-state index in [1.54, 1.807) is 0 Å². The average Bonchev–Trinajstić information content (AvgIpc) is 3.56. The number of rotatable bonds is 9. The fourth-order valence-electron chi connectivity index (χ4n) is 6.84. The van der Waals surface area contributed by atoms with Crippen LogP contribution in [0.2, 0.25) is 0 Å². The van der Waals surface area contributed by atoms with Crippen molar-refractivity contribution in [3.8, 4) is 34.1 Å². The van der Waals surface area contributed by atoms with Crippen molar-refractivity contribution >= 4 is 21.8 Å². The minimum atomic E-state index is 0. The van der Waals surface area contributed by atoms with Gasteiger partial charge in [0.1, 0.15) is 5.82 Å². The van der Waals surface area contributed by atoms with Crippen LogP contribution >= 0.6 is 0 Å². The Morgan fingerprint density at radius 1 is 0.708 bits per heavy atom. The molecular formula is C42H40N4OPd. The van der Waals surface area contributed by atoms with Crippen LogP contribution < -0.4 is 4.74 Å². The number of para-hydroxylation sites is 1. The SMILES string of the molecule is CCCc1nn(-c2[c-]c(Oc3[c-]c4c(cc3)c3ccccc3n4-c3cc(C)ccn3)cc(C)c2)c(CCC)c1-c1c(C)cccc1C.[Pd+2]. The smallest absolute Gasteiger partial charge is 0.509 e. The van der Waals surface area contributed by atoms with Crippen LogP contribution in [0.1, 0.15) is 60.3 Å². The maximum absolute atomic E-state index is 6.56. The monoisotopic (exact) mass is 722 g/mol. The number of benzene rings is 4. The second-order valence-electron chi connectivity index (χ2n) is 12.6. The summed E-state index contributed by atoms with van der Waals surface area (Å²) in [5.41, 5.74) is 12.6. The van der Waals surface area contributed by atoms with Crippen LogP contribution in [0.4, 0.5) is 0 Å². The van der Waals surface area contributed by atoms with Crippen molar-refractivity contribution in [1.29, 1.82) is 0 Å². The molecule has 0 aliphatic rings. The Morgan fingerprint density at radius 3 is 2.23 bits per heavy atom. The molecule has 0 N–H and O–H groups in total. The molecule has 6 heteroatoms. The molecule has 0 saturated heterocycles. The van der Waals surface area contributed by atoms with Crippen molar-refractivity contribution in [2.24, 2.45) is 0 Å². The van der Waals surface area contributed by atoms with Gasteiger partial charge in [0.2, 0.25) is 0 Å². The minimum Gasteiger partial charge on any atom is -0.509 e. The maximum Gasteiger partial charge on any atom is 2.00 e. The molecule has 0 amide bonds. The number of nitrogens with zero attached hydrogens (tertiary/aromatic N) is 4. The van der Waals surface area contributed by atoms with Gasteiger partial charge in [-0.05, 0) is 85.1 Å². The van der Waals surface area contributed by atoms with Crippen molar-refractivity contribution in [2.45, 2.75) is 67.2 Å². The third-order valence-electron chi connectivity index (χ3n) is 8.87. The molecular weight excluding hydrogens is 683 g/mol. The molecule has 0 aliphatic carbocycles. The molecule has 0 radical (unpaired) electrons. The van der Waals surface area contributed by atoms with E-state index in [1.165, 1.54) is 27.9 Å². The van der Waals surface area contributed by atoms with E-state index in [0.717, 1.165) is 75.8 Å². The van der Waals surface area contributed by atoms with Crippen LogP contribution in [0.25, 0.3) is 44.4 Å². The third kappa shape index (κ3) is 6.12. The summed E-state index contributed by atoms with van der Waals surface area (Å²) in [6, 6.07) is 34.5. The van der Waals surface area contributed by atoms with Crippen molar-refractivity contribution in [1.82, 2.24) is 19.3 Å². The summed E-state index contributed by atoms with van der Waals surface area (Å²) in [6.07, 6.45) is 5.73. The van der Waals surface area contributed by atoms with E-state index in [4.69, 9.17) is 14.8 Å². The van der Waals surface area contributed by atoms with Gasteiger partial charge in [-0.15, -0.1) is 35.7 Å². The van der Waals surface area contributed by atoms with E-state index in [0.29, 0.717) is 11.5 Å². The molecule has 48 heavy (non-hydrogen) atoms. The molecule has 0 bridgehead atoms. The van der Waals surface area contributed by atoms with Crippen LogP contribution in [0, 0.1) is 39.8 Å². The number of hydrogen-bond acceptors (Lipinski definition) is 3. The van der Waals surface area contributed by atoms with Gasteiger partial charge in [-0.2, -0.15) is 16.7 Å². The van der Waals surface area contributed by atoms with E-state index in [9.17, 15) is 0 Å². The Bertz CT molecular complexity index is 2240. The molecule has 0 unspecified atom stereocenters. The van der Waals surface area contributed by atoms with E-state index < -0.39 is 0 Å². The number of aryl methyl sites for hydroxylation is 5. The van der Waals surface area contributed by atoms with Gasteiger partial charge in [-0.1, -0.05) is 75.5 Å². The van der Waals surface area contributed by atoms with Crippen LogP contribution in [0.15, 0.2) is 85.1 Å². The molecule has 0 spiro atoms. The molecule has 0 atom stereocenters. The van der Waals surface area contributed by atoms with Crippen molar-refractivity contribution in [2.75, 3.05) is 0 Å². The molecule has 0 aliphatic heterocycles. The van der Waals surface area contributed by atoms with Crippen LogP contribution in [0.5, 0.6) is 11.5 Å². The number of hydrogen-bond donors (Lipinski definition) is 0. The maximum atomic E-state index is 6.56. The third-order valence-corrected chi connectivity index (χ3v) is 8.87. The Kier molecular flexibility index (Phi) is 9.69. The standard InChI is InChI=1S/C42H40N4O.Pd/c1-7-12-36-42(41-29(5)14-11-15-30(41)6)38(13-8-2)46(44-36)31-22-28(4)23-33(25-31)47-32-18-19-35-34-16-9-10-17-37(34)45(39(35)26-32)40-24-27(3)20-21-43-40;/h9-11,14-24H,7-8,12-13H2,1-6H3;/q-2;+2. The summed E-state index contributed by atoms with van der Waals surface area (Å²) < 4.78 is 10.8. The molecule has 7 aromatic rings. The zero-order valence-electron chi connectivity index (χ0n) is 28.4. The zero-order chi connectivity index (χ0) is 32.7. The second kappa shape index (κ2) is 13.9. The summed E-state index contributed by atoms with van der Waals surface area (Å²) in [4.78, 5) is 4.72. The van der Waals surface area contributed by atoms with E-state index >= 15 is 0 Å². The van der Waals surface area contributed by atoms with E-state index in [1.807, 2.05) is 24.4 Å².